The molecule has 0 radical (unpaired) electrons. The molecule has 0 amide bonds. The second kappa shape index (κ2) is 7.43. The minimum Gasteiger partial charge on any atom is -0.504 e. The third kappa shape index (κ3) is 3.13. The van der Waals surface area contributed by atoms with Crippen LogP contribution in [0.25, 0.3) is 0 Å². The van der Waals surface area contributed by atoms with Crippen molar-refractivity contribution >= 4 is 34.1 Å². The van der Waals surface area contributed by atoms with Gasteiger partial charge in [-0.05, 0) is 38.4 Å². The number of rotatable bonds is 2. The number of hydrogen-bond donors (Lipinski definition) is 0. The van der Waals surface area contributed by atoms with E-state index in [1.54, 1.807) is 0 Å². The maximum atomic E-state index is 9.62. The molecule has 2 heterocycles. The first-order chi connectivity index (χ1) is 13.7. The quantitative estimate of drug-likeness (QED) is 0.427. The van der Waals surface area contributed by atoms with Crippen molar-refractivity contribution in [3.63, 3.8) is 0 Å². The average molecular weight is 555 g/mol. The first-order valence-electron chi connectivity index (χ1n) is 9.05. The van der Waals surface area contributed by atoms with Crippen molar-refractivity contribution in [2.75, 3.05) is 33.7 Å². The molecule has 0 N–H and O–H groups in total. The smallest absolute Gasteiger partial charge is 0.0726 e. The van der Waals surface area contributed by atoms with E-state index in [2.05, 4.69) is 56.0 Å². The van der Waals surface area contributed by atoms with E-state index in [4.69, 9.17) is 0 Å². The van der Waals surface area contributed by atoms with Crippen LogP contribution < -0.4 is 19.6 Å². The van der Waals surface area contributed by atoms with E-state index in [1.165, 1.54) is 0 Å². The summed E-state index contributed by atoms with van der Waals surface area (Å²) >= 11 is 0. The molecule has 6 heteroatoms. The molecule has 0 aromatic heterocycles. The van der Waals surface area contributed by atoms with Gasteiger partial charge in [0, 0.05) is 42.5 Å². The van der Waals surface area contributed by atoms with Crippen molar-refractivity contribution in [3.05, 3.63) is 85.6 Å². The third-order valence-corrected chi connectivity index (χ3v) is 5.11. The molecule has 146 valence electrons. The molecule has 0 spiro atoms. The van der Waals surface area contributed by atoms with Crippen LogP contribution in [-0.4, -0.2) is 14.1 Å². The number of para-hydroxylation sites is 4. The molecule has 0 fully saturated rings. The molecule has 2 aliphatic heterocycles. The Balaban J connectivity index is 0.00000205. The number of nitriles is 1. The summed E-state index contributed by atoms with van der Waals surface area (Å²) in [6, 6.07) is 26.0. The summed E-state index contributed by atoms with van der Waals surface area (Å²) in [7, 11) is 4.04. The molecule has 5 nitrogen and oxygen atoms in total. The SMILES string of the molecule is CN1[CH-]N(c2[c-]c(N3[CH-]N(C)c4ccccc43)cc(C#N)c2)c2ccccc21.[Os]. The summed E-state index contributed by atoms with van der Waals surface area (Å²) in [5.41, 5.74) is 6.67. The molecule has 5 rings (SSSR count). The van der Waals surface area contributed by atoms with Crippen molar-refractivity contribution in [3.8, 4) is 6.07 Å². The Morgan fingerprint density at radius 2 is 1.17 bits per heavy atom. The fourth-order valence-electron chi connectivity index (χ4n) is 3.78. The van der Waals surface area contributed by atoms with Gasteiger partial charge in [0.2, 0.25) is 0 Å². The predicted molar refractivity (Wildman–Crippen MR) is 113 cm³/mol. The zero-order valence-electron chi connectivity index (χ0n) is 16.0. The normalized spacial score (nSPS) is 14.4. The van der Waals surface area contributed by atoms with E-state index in [-0.39, 0.29) is 19.8 Å². The van der Waals surface area contributed by atoms with Gasteiger partial charge in [0.1, 0.15) is 0 Å². The number of hydrogen-bond acceptors (Lipinski definition) is 5. The van der Waals surface area contributed by atoms with Gasteiger partial charge in [-0.25, -0.2) is 0 Å². The summed E-state index contributed by atoms with van der Waals surface area (Å²) in [6.45, 7) is 4.05. The van der Waals surface area contributed by atoms with Gasteiger partial charge in [-0.3, -0.25) is 0 Å². The van der Waals surface area contributed by atoms with Crippen molar-refractivity contribution in [1.29, 1.82) is 5.26 Å². The van der Waals surface area contributed by atoms with Gasteiger partial charge in [0.15, 0.2) is 0 Å². The molecule has 0 aliphatic carbocycles. The van der Waals surface area contributed by atoms with Crippen molar-refractivity contribution in [2.24, 2.45) is 0 Å². The maximum absolute atomic E-state index is 9.62. The molecule has 0 atom stereocenters. The fourth-order valence-corrected chi connectivity index (χ4v) is 3.78. The van der Waals surface area contributed by atoms with E-state index in [0.717, 1.165) is 34.1 Å². The van der Waals surface area contributed by atoms with Gasteiger partial charge in [-0.2, -0.15) is 18.6 Å². The van der Waals surface area contributed by atoms with Crippen LogP contribution in [0.15, 0.2) is 60.7 Å². The number of nitrogens with zero attached hydrogens (tertiary/aromatic N) is 5. The molecular weight excluding hydrogens is 537 g/mol. The molecule has 3 aromatic carbocycles. The predicted octanol–water partition coefficient (Wildman–Crippen LogP) is 4.77. The minimum absolute atomic E-state index is 0. The van der Waals surface area contributed by atoms with Crippen LogP contribution in [0, 0.1) is 30.7 Å². The Morgan fingerprint density at radius 3 is 1.59 bits per heavy atom. The van der Waals surface area contributed by atoms with Crippen molar-refractivity contribution < 1.29 is 19.8 Å². The van der Waals surface area contributed by atoms with Gasteiger partial charge in [0.25, 0.3) is 0 Å². The second-order valence-electron chi connectivity index (χ2n) is 6.92. The maximum Gasteiger partial charge on any atom is 0.0726 e. The average Bonchev–Trinajstić information content (AvgIpc) is 3.26. The van der Waals surface area contributed by atoms with E-state index in [1.807, 2.05) is 63.8 Å². The Bertz CT molecular complexity index is 1030. The van der Waals surface area contributed by atoms with Crippen molar-refractivity contribution in [1.82, 2.24) is 0 Å². The molecule has 29 heavy (non-hydrogen) atoms. The van der Waals surface area contributed by atoms with Crippen LogP contribution in [0.3, 0.4) is 0 Å². The van der Waals surface area contributed by atoms with Gasteiger partial charge in [-0.1, -0.05) is 29.8 Å². The molecule has 3 aromatic rings. The van der Waals surface area contributed by atoms with E-state index >= 15 is 0 Å². The molecule has 0 bridgehead atoms. The van der Waals surface area contributed by atoms with Crippen LogP contribution in [-0.2, 0) is 19.8 Å². The van der Waals surface area contributed by atoms with Crippen LogP contribution in [0.1, 0.15) is 5.56 Å². The molecular formula is C23H18N5Os-3. The molecule has 0 saturated heterocycles. The Hall–Kier alpha value is -3.01. The van der Waals surface area contributed by atoms with Crippen LogP contribution in [0.4, 0.5) is 34.1 Å². The van der Waals surface area contributed by atoms with E-state index in [0.29, 0.717) is 5.56 Å². The first kappa shape index (κ1) is 19.3. The van der Waals surface area contributed by atoms with Crippen molar-refractivity contribution in [2.45, 2.75) is 0 Å². The van der Waals surface area contributed by atoms with Gasteiger partial charge < -0.3 is 19.6 Å². The summed E-state index contributed by atoms with van der Waals surface area (Å²) in [5.74, 6) is 0. The van der Waals surface area contributed by atoms with E-state index < -0.39 is 0 Å². The van der Waals surface area contributed by atoms with Crippen LogP contribution in [0.2, 0.25) is 0 Å². The molecule has 0 unspecified atom stereocenters. The number of fused-ring (bicyclic) bond motifs is 2. The summed E-state index contributed by atoms with van der Waals surface area (Å²) < 4.78 is 0. The van der Waals surface area contributed by atoms with Gasteiger partial charge >= 0.3 is 0 Å². The standard InChI is InChI=1S/C23H18N5.Os/c1-25-15-27(22-9-5-3-7-20(22)25)18-11-17(14-24)12-19(13-18)28-16-26(2)21-8-4-6-10-23(21)28;/h3-12,15-16H,1-2H3;/q-3;. The number of anilines is 6. The summed E-state index contributed by atoms with van der Waals surface area (Å²) in [5, 5.41) is 9.62. The first-order valence-corrected chi connectivity index (χ1v) is 9.05. The van der Waals surface area contributed by atoms with Crippen LogP contribution >= 0.6 is 0 Å². The fraction of sp³-hybridized carbons (Fsp3) is 0.0870. The zero-order chi connectivity index (χ0) is 19.3. The van der Waals surface area contributed by atoms with Gasteiger partial charge in [-0.15, -0.1) is 29.6 Å². The Kier molecular flexibility index (Phi) is 4.95. The summed E-state index contributed by atoms with van der Waals surface area (Å²) in [6.07, 6.45) is 0. The molecule has 2 aliphatic rings. The van der Waals surface area contributed by atoms with Crippen LogP contribution in [0.5, 0.6) is 0 Å². The largest absolute Gasteiger partial charge is 0.504 e. The van der Waals surface area contributed by atoms with E-state index in [9.17, 15) is 5.26 Å². The Labute approximate surface area is 184 Å². The number of benzene rings is 3. The van der Waals surface area contributed by atoms with Gasteiger partial charge in [0.05, 0.1) is 6.07 Å². The molecule has 0 saturated carbocycles. The third-order valence-electron chi connectivity index (χ3n) is 5.11. The summed E-state index contributed by atoms with van der Waals surface area (Å²) in [4.78, 5) is 8.30. The zero-order valence-corrected chi connectivity index (χ0v) is 18.6. The minimum atomic E-state index is 0. The Morgan fingerprint density at radius 1 is 0.759 bits per heavy atom. The monoisotopic (exact) mass is 556 g/mol. The topological polar surface area (TPSA) is 36.8 Å². The second-order valence-corrected chi connectivity index (χ2v) is 6.92.